The summed E-state index contributed by atoms with van der Waals surface area (Å²) in [4.78, 5) is 13.5. The second kappa shape index (κ2) is 4.71. The molecule has 0 aliphatic heterocycles. The molecule has 1 aromatic carbocycles. The lowest BCUT2D eigenvalue weighted by atomic mass is 10.0. The maximum atomic E-state index is 13.0. The van der Waals surface area contributed by atoms with Gasteiger partial charge in [-0.05, 0) is 32.0 Å². The topological polar surface area (TPSA) is 66.6 Å². The zero-order valence-electron chi connectivity index (χ0n) is 10.2. The number of carbonyl (C=O) groups excluding carboxylic acids is 1. The molecule has 0 saturated carbocycles. The number of phenols is 1. The fourth-order valence-corrected chi connectivity index (χ4v) is 1.27. The van der Waals surface area contributed by atoms with E-state index in [4.69, 9.17) is 5.73 Å². The van der Waals surface area contributed by atoms with Crippen LogP contribution in [0, 0.1) is 5.82 Å². The third-order valence-corrected chi connectivity index (χ3v) is 2.90. The number of hydrogen-bond donors (Lipinski definition) is 2. The van der Waals surface area contributed by atoms with Crippen LogP contribution < -0.4 is 5.73 Å². The zero-order chi connectivity index (χ0) is 13.2. The highest BCUT2D eigenvalue weighted by atomic mass is 19.1. The first-order valence-electron chi connectivity index (χ1n) is 5.26. The number of benzene rings is 1. The molecular formula is C12H17FN2O2. The summed E-state index contributed by atoms with van der Waals surface area (Å²) in [5.41, 5.74) is 4.94. The van der Waals surface area contributed by atoms with Crippen LogP contribution in [0.3, 0.4) is 0 Å². The van der Waals surface area contributed by atoms with E-state index in [0.717, 1.165) is 18.2 Å². The molecule has 3 N–H and O–H groups in total. The van der Waals surface area contributed by atoms with Gasteiger partial charge in [-0.25, -0.2) is 4.39 Å². The molecular weight excluding hydrogens is 223 g/mol. The van der Waals surface area contributed by atoms with Crippen molar-refractivity contribution in [2.75, 3.05) is 13.6 Å². The Morgan fingerprint density at radius 2 is 2.12 bits per heavy atom. The van der Waals surface area contributed by atoms with E-state index in [9.17, 15) is 14.3 Å². The Bertz CT molecular complexity index is 433. The number of likely N-dealkylation sites (N-methyl/N-ethyl adjacent to an activating group) is 1. The Balaban J connectivity index is 3.08. The largest absolute Gasteiger partial charge is 0.507 e. The Kier molecular flexibility index (Phi) is 3.72. The molecule has 1 aromatic rings. The normalized spacial score (nSPS) is 11.4. The number of aromatic hydroxyl groups is 1. The average Bonchev–Trinajstić information content (AvgIpc) is 2.30. The fraction of sp³-hybridized carbons (Fsp3) is 0.417. The summed E-state index contributed by atoms with van der Waals surface area (Å²) in [7, 11) is 1.57. The first kappa shape index (κ1) is 13.4. The van der Waals surface area contributed by atoms with Gasteiger partial charge in [0.2, 0.25) is 0 Å². The first-order valence-corrected chi connectivity index (χ1v) is 5.26. The van der Waals surface area contributed by atoms with Gasteiger partial charge in [-0.1, -0.05) is 0 Å². The molecule has 0 radical (unpaired) electrons. The monoisotopic (exact) mass is 240 g/mol. The molecule has 0 aliphatic rings. The Hall–Kier alpha value is -1.62. The molecule has 17 heavy (non-hydrogen) atoms. The van der Waals surface area contributed by atoms with Crippen molar-refractivity contribution in [3.8, 4) is 5.75 Å². The van der Waals surface area contributed by atoms with E-state index >= 15 is 0 Å². The molecule has 0 spiro atoms. The highest BCUT2D eigenvalue weighted by Gasteiger charge is 2.28. The smallest absolute Gasteiger partial charge is 0.257 e. The lowest BCUT2D eigenvalue weighted by Crippen LogP contribution is -2.50. The first-order chi connectivity index (χ1) is 7.79. The van der Waals surface area contributed by atoms with Gasteiger partial charge in [-0.3, -0.25) is 4.79 Å². The fourth-order valence-electron chi connectivity index (χ4n) is 1.27. The summed E-state index contributed by atoms with van der Waals surface area (Å²) in [6.45, 7) is 3.85. The Labute approximate surface area is 99.8 Å². The molecule has 1 rings (SSSR count). The summed E-state index contributed by atoms with van der Waals surface area (Å²) < 4.78 is 13.0. The van der Waals surface area contributed by atoms with Gasteiger partial charge in [0.15, 0.2) is 0 Å². The molecule has 0 unspecified atom stereocenters. The SMILES string of the molecule is CN(C(=O)c1cc(F)ccc1O)C(C)(C)CN. The molecule has 0 atom stereocenters. The third-order valence-electron chi connectivity index (χ3n) is 2.90. The number of nitrogens with two attached hydrogens (primary N) is 1. The van der Waals surface area contributed by atoms with Crippen LogP contribution in [-0.2, 0) is 0 Å². The molecule has 0 aromatic heterocycles. The number of amides is 1. The highest BCUT2D eigenvalue weighted by molar-refractivity contribution is 5.97. The van der Waals surface area contributed by atoms with Crippen molar-refractivity contribution in [3.05, 3.63) is 29.6 Å². The van der Waals surface area contributed by atoms with Gasteiger partial charge in [-0.15, -0.1) is 0 Å². The lowest BCUT2D eigenvalue weighted by Gasteiger charge is -2.34. The predicted molar refractivity (Wildman–Crippen MR) is 63.3 cm³/mol. The summed E-state index contributed by atoms with van der Waals surface area (Å²) in [6.07, 6.45) is 0. The van der Waals surface area contributed by atoms with Crippen molar-refractivity contribution in [2.24, 2.45) is 5.73 Å². The van der Waals surface area contributed by atoms with Crippen LogP contribution in [0.15, 0.2) is 18.2 Å². The van der Waals surface area contributed by atoms with Crippen molar-refractivity contribution in [1.82, 2.24) is 4.90 Å². The van der Waals surface area contributed by atoms with Crippen molar-refractivity contribution in [3.63, 3.8) is 0 Å². The number of phenolic OH excluding ortho intramolecular Hbond substituents is 1. The maximum absolute atomic E-state index is 13.0. The van der Waals surface area contributed by atoms with Crippen molar-refractivity contribution >= 4 is 5.91 Å². The van der Waals surface area contributed by atoms with Crippen LogP contribution in [0.25, 0.3) is 0 Å². The van der Waals surface area contributed by atoms with E-state index in [2.05, 4.69) is 0 Å². The quantitative estimate of drug-likeness (QED) is 0.837. The number of hydrogen-bond acceptors (Lipinski definition) is 3. The van der Waals surface area contributed by atoms with Crippen LogP contribution in [0.4, 0.5) is 4.39 Å². The zero-order valence-corrected chi connectivity index (χ0v) is 10.2. The van der Waals surface area contributed by atoms with Gasteiger partial charge in [0.1, 0.15) is 11.6 Å². The standard InChI is InChI=1S/C12H17FN2O2/c1-12(2,7-14)15(3)11(17)9-6-8(13)4-5-10(9)16/h4-6,16H,7,14H2,1-3H3. The second-order valence-corrected chi connectivity index (χ2v) is 4.54. The lowest BCUT2D eigenvalue weighted by molar-refractivity contribution is 0.0636. The number of carbonyl (C=O) groups is 1. The third kappa shape index (κ3) is 2.74. The number of nitrogens with zero attached hydrogens (tertiary/aromatic N) is 1. The minimum absolute atomic E-state index is 0.0611. The van der Waals surface area contributed by atoms with Crippen LogP contribution in [0.5, 0.6) is 5.75 Å². The molecule has 0 bridgehead atoms. The predicted octanol–water partition coefficient (Wildman–Crippen LogP) is 1.34. The van der Waals surface area contributed by atoms with Gasteiger partial charge in [0.05, 0.1) is 5.56 Å². The molecule has 0 heterocycles. The Morgan fingerprint density at radius 1 is 1.53 bits per heavy atom. The van der Waals surface area contributed by atoms with Crippen LogP contribution >= 0.6 is 0 Å². The molecule has 5 heteroatoms. The van der Waals surface area contributed by atoms with Gasteiger partial charge < -0.3 is 15.7 Å². The van der Waals surface area contributed by atoms with Crippen LogP contribution in [0.2, 0.25) is 0 Å². The van der Waals surface area contributed by atoms with Gasteiger partial charge >= 0.3 is 0 Å². The van der Waals surface area contributed by atoms with E-state index < -0.39 is 17.3 Å². The van der Waals surface area contributed by atoms with Crippen molar-refractivity contribution < 1.29 is 14.3 Å². The summed E-state index contributed by atoms with van der Waals surface area (Å²) in [5.74, 6) is -1.27. The minimum atomic E-state index is -0.565. The van der Waals surface area contributed by atoms with Gasteiger partial charge in [-0.2, -0.15) is 0 Å². The van der Waals surface area contributed by atoms with Crippen molar-refractivity contribution in [1.29, 1.82) is 0 Å². The van der Waals surface area contributed by atoms with Gasteiger partial charge in [0.25, 0.3) is 5.91 Å². The number of halogens is 1. The van der Waals surface area contributed by atoms with Crippen LogP contribution in [0.1, 0.15) is 24.2 Å². The highest BCUT2D eigenvalue weighted by Crippen LogP contribution is 2.22. The summed E-state index contributed by atoms with van der Waals surface area (Å²) in [6, 6.07) is 3.27. The van der Waals surface area contributed by atoms with Gasteiger partial charge in [0, 0.05) is 19.1 Å². The van der Waals surface area contributed by atoms with E-state index in [1.807, 2.05) is 0 Å². The molecule has 0 fully saturated rings. The van der Waals surface area contributed by atoms with Crippen LogP contribution in [-0.4, -0.2) is 35.0 Å². The molecule has 1 amide bonds. The Morgan fingerprint density at radius 3 is 2.65 bits per heavy atom. The summed E-state index contributed by atoms with van der Waals surface area (Å²) in [5, 5.41) is 9.55. The summed E-state index contributed by atoms with van der Waals surface area (Å²) >= 11 is 0. The maximum Gasteiger partial charge on any atom is 0.257 e. The molecule has 0 aliphatic carbocycles. The van der Waals surface area contributed by atoms with E-state index in [0.29, 0.717) is 0 Å². The number of rotatable bonds is 3. The average molecular weight is 240 g/mol. The van der Waals surface area contributed by atoms with Crippen molar-refractivity contribution in [2.45, 2.75) is 19.4 Å². The molecule has 0 saturated heterocycles. The molecule has 4 nitrogen and oxygen atoms in total. The second-order valence-electron chi connectivity index (χ2n) is 4.54. The van der Waals surface area contributed by atoms with E-state index in [-0.39, 0.29) is 17.9 Å². The van der Waals surface area contributed by atoms with E-state index in [1.165, 1.54) is 4.90 Å². The van der Waals surface area contributed by atoms with E-state index in [1.54, 1.807) is 20.9 Å². The molecule has 94 valence electrons. The minimum Gasteiger partial charge on any atom is -0.507 e.